The molecule has 1 aliphatic rings. The number of carbonyl (C=O) groups excluding carboxylic acids is 1. The largest absolute Gasteiger partial charge is 0.389 e. The fraction of sp³-hybridized carbons (Fsp3) is 0.667. The Hall–Kier alpha value is -1.74. The van der Waals surface area contributed by atoms with Gasteiger partial charge < -0.3 is 20.9 Å². The van der Waals surface area contributed by atoms with Gasteiger partial charge in [-0.3, -0.25) is 4.79 Å². The standard InChI is InChI=1S/C12H21N5O/c1-9(11(14)8-13)15-10(2)12(18)17-6-4-16(3)5-7-17/h10,15H,4-7,14H2,1-3H3/b11-9+. The monoisotopic (exact) mass is 251 g/mol. The zero-order valence-corrected chi connectivity index (χ0v) is 11.2. The first-order valence-electron chi connectivity index (χ1n) is 6.06. The number of amides is 1. The third kappa shape index (κ3) is 3.64. The number of nitrogens with two attached hydrogens (primary N) is 1. The first-order valence-corrected chi connectivity index (χ1v) is 6.06. The first kappa shape index (κ1) is 14.3. The van der Waals surface area contributed by atoms with Crippen LogP contribution in [0.2, 0.25) is 0 Å². The van der Waals surface area contributed by atoms with Gasteiger partial charge in [0.2, 0.25) is 5.91 Å². The van der Waals surface area contributed by atoms with E-state index in [-0.39, 0.29) is 17.6 Å². The number of nitrogens with one attached hydrogen (secondary N) is 1. The van der Waals surface area contributed by atoms with Crippen molar-refractivity contribution < 1.29 is 4.79 Å². The van der Waals surface area contributed by atoms with E-state index in [1.54, 1.807) is 13.8 Å². The molecule has 0 aliphatic carbocycles. The summed E-state index contributed by atoms with van der Waals surface area (Å²) in [5.41, 5.74) is 6.15. The quantitative estimate of drug-likeness (QED) is 0.658. The number of hydrogen-bond acceptors (Lipinski definition) is 5. The smallest absolute Gasteiger partial charge is 0.244 e. The normalized spacial score (nSPS) is 19.8. The van der Waals surface area contributed by atoms with Gasteiger partial charge in [-0.1, -0.05) is 0 Å². The molecule has 6 nitrogen and oxygen atoms in total. The molecule has 1 unspecified atom stereocenters. The van der Waals surface area contributed by atoms with Crippen molar-refractivity contribution in [1.29, 1.82) is 5.26 Å². The van der Waals surface area contributed by atoms with E-state index in [1.165, 1.54) is 0 Å². The number of allylic oxidation sites excluding steroid dienone is 2. The highest BCUT2D eigenvalue weighted by atomic mass is 16.2. The second-order valence-corrected chi connectivity index (χ2v) is 4.65. The van der Waals surface area contributed by atoms with Gasteiger partial charge >= 0.3 is 0 Å². The van der Waals surface area contributed by atoms with Crippen molar-refractivity contribution in [2.24, 2.45) is 5.73 Å². The summed E-state index contributed by atoms with van der Waals surface area (Å²) < 4.78 is 0. The lowest BCUT2D eigenvalue weighted by molar-refractivity contribution is -0.134. The minimum atomic E-state index is -0.361. The Morgan fingerprint density at radius 2 is 1.94 bits per heavy atom. The fourth-order valence-corrected chi connectivity index (χ4v) is 1.85. The van der Waals surface area contributed by atoms with Crippen LogP contribution >= 0.6 is 0 Å². The molecule has 1 saturated heterocycles. The molecular formula is C12H21N5O. The van der Waals surface area contributed by atoms with Crippen molar-refractivity contribution >= 4 is 5.91 Å². The van der Waals surface area contributed by atoms with Crippen LogP contribution < -0.4 is 11.1 Å². The van der Waals surface area contributed by atoms with E-state index in [2.05, 4.69) is 10.2 Å². The minimum absolute atomic E-state index is 0.0492. The number of likely N-dealkylation sites (N-methyl/N-ethyl adjacent to an activating group) is 1. The van der Waals surface area contributed by atoms with Gasteiger partial charge in [-0.25, -0.2) is 0 Å². The van der Waals surface area contributed by atoms with Crippen LogP contribution in [0.3, 0.4) is 0 Å². The van der Waals surface area contributed by atoms with E-state index < -0.39 is 0 Å². The maximum Gasteiger partial charge on any atom is 0.244 e. The van der Waals surface area contributed by atoms with Gasteiger partial charge in [0.05, 0.1) is 0 Å². The van der Waals surface area contributed by atoms with E-state index in [0.717, 1.165) is 26.2 Å². The maximum absolute atomic E-state index is 12.1. The molecule has 0 saturated carbocycles. The van der Waals surface area contributed by atoms with Gasteiger partial charge in [0.25, 0.3) is 0 Å². The van der Waals surface area contributed by atoms with Crippen molar-refractivity contribution in [2.45, 2.75) is 19.9 Å². The maximum atomic E-state index is 12.1. The lowest BCUT2D eigenvalue weighted by Gasteiger charge is -2.34. The highest BCUT2D eigenvalue weighted by Gasteiger charge is 2.23. The Balaban J connectivity index is 2.55. The molecular weight excluding hydrogens is 230 g/mol. The molecule has 0 spiro atoms. The number of carbonyl (C=O) groups is 1. The van der Waals surface area contributed by atoms with Crippen molar-refractivity contribution in [1.82, 2.24) is 15.1 Å². The molecule has 1 atom stereocenters. The Labute approximate surface area is 108 Å². The third-order valence-electron chi connectivity index (χ3n) is 3.14. The van der Waals surface area contributed by atoms with Crippen molar-refractivity contribution in [3.05, 3.63) is 11.4 Å². The van der Waals surface area contributed by atoms with E-state index in [9.17, 15) is 4.79 Å². The van der Waals surface area contributed by atoms with E-state index in [1.807, 2.05) is 18.0 Å². The van der Waals surface area contributed by atoms with E-state index >= 15 is 0 Å². The molecule has 1 aliphatic heterocycles. The van der Waals surface area contributed by atoms with Gasteiger partial charge in [-0.05, 0) is 20.9 Å². The lowest BCUT2D eigenvalue weighted by Crippen LogP contribution is -2.52. The van der Waals surface area contributed by atoms with Gasteiger partial charge in [0.1, 0.15) is 17.8 Å². The van der Waals surface area contributed by atoms with Crippen molar-refractivity contribution in [3.63, 3.8) is 0 Å². The fourth-order valence-electron chi connectivity index (χ4n) is 1.85. The summed E-state index contributed by atoms with van der Waals surface area (Å²) in [7, 11) is 2.05. The van der Waals surface area contributed by atoms with Crippen molar-refractivity contribution in [3.8, 4) is 6.07 Å². The number of nitriles is 1. The summed E-state index contributed by atoms with van der Waals surface area (Å²) in [4.78, 5) is 16.2. The predicted molar refractivity (Wildman–Crippen MR) is 69.2 cm³/mol. The summed E-state index contributed by atoms with van der Waals surface area (Å²) in [6.45, 7) is 6.78. The zero-order chi connectivity index (χ0) is 13.7. The summed E-state index contributed by atoms with van der Waals surface area (Å²) in [5.74, 6) is 0.0492. The molecule has 0 bridgehead atoms. The van der Waals surface area contributed by atoms with Crippen LogP contribution in [-0.2, 0) is 4.79 Å². The number of nitrogens with zero attached hydrogens (tertiary/aromatic N) is 3. The SMILES string of the molecule is C/C(NC(C)C(=O)N1CCN(C)CC1)=C(\N)C#N. The molecule has 18 heavy (non-hydrogen) atoms. The summed E-state index contributed by atoms with van der Waals surface area (Å²) in [6.07, 6.45) is 0. The van der Waals surface area contributed by atoms with Crippen LogP contribution in [-0.4, -0.2) is 55.0 Å². The average Bonchev–Trinajstić information content (AvgIpc) is 2.37. The van der Waals surface area contributed by atoms with E-state index in [4.69, 9.17) is 11.0 Å². The number of rotatable bonds is 3. The molecule has 1 amide bonds. The summed E-state index contributed by atoms with van der Waals surface area (Å²) >= 11 is 0. The predicted octanol–water partition coefficient (Wildman–Crippen LogP) is -0.548. The van der Waals surface area contributed by atoms with Crippen LogP contribution in [0.15, 0.2) is 11.4 Å². The Morgan fingerprint density at radius 1 is 1.39 bits per heavy atom. The highest BCUT2D eigenvalue weighted by Crippen LogP contribution is 2.04. The number of hydrogen-bond donors (Lipinski definition) is 2. The average molecular weight is 251 g/mol. The lowest BCUT2D eigenvalue weighted by atomic mass is 10.2. The molecule has 100 valence electrons. The second-order valence-electron chi connectivity index (χ2n) is 4.65. The Morgan fingerprint density at radius 3 is 2.44 bits per heavy atom. The molecule has 3 N–H and O–H groups in total. The van der Waals surface area contributed by atoms with Gasteiger partial charge in [0, 0.05) is 31.9 Å². The minimum Gasteiger partial charge on any atom is -0.389 e. The van der Waals surface area contributed by atoms with Gasteiger partial charge in [-0.2, -0.15) is 5.26 Å². The topological polar surface area (TPSA) is 85.4 Å². The van der Waals surface area contributed by atoms with Crippen LogP contribution in [0.25, 0.3) is 0 Å². The van der Waals surface area contributed by atoms with E-state index in [0.29, 0.717) is 5.70 Å². The third-order valence-corrected chi connectivity index (χ3v) is 3.14. The van der Waals surface area contributed by atoms with Crippen LogP contribution in [0.5, 0.6) is 0 Å². The van der Waals surface area contributed by atoms with Crippen LogP contribution in [0.1, 0.15) is 13.8 Å². The molecule has 0 aromatic carbocycles. The Bertz CT molecular complexity index is 376. The van der Waals surface area contributed by atoms with Gasteiger partial charge in [-0.15, -0.1) is 0 Å². The molecule has 1 heterocycles. The highest BCUT2D eigenvalue weighted by molar-refractivity contribution is 5.81. The molecule has 1 rings (SSSR count). The molecule has 0 radical (unpaired) electrons. The van der Waals surface area contributed by atoms with Crippen LogP contribution in [0, 0.1) is 11.3 Å². The summed E-state index contributed by atoms with van der Waals surface area (Å²) in [5, 5.41) is 11.6. The van der Waals surface area contributed by atoms with Crippen LogP contribution in [0.4, 0.5) is 0 Å². The second kappa shape index (κ2) is 6.26. The molecule has 1 fully saturated rings. The summed E-state index contributed by atoms with van der Waals surface area (Å²) in [6, 6.07) is 1.50. The molecule has 0 aromatic heterocycles. The van der Waals surface area contributed by atoms with Crippen molar-refractivity contribution in [2.75, 3.05) is 33.2 Å². The van der Waals surface area contributed by atoms with Gasteiger partial charge in [0.15, 0.2) is 0 Å². The Kier molecular flexibility index (Phi) is 4.98. The molecule has 0 aromatic rings. The first-order chi connectivity index (χ1) is 8.45. The molecule has 6 heteroatoms. The number of piperazine rings is 1. The zero-order valence-electron chi connectivity index (χ0n) is 11.2.